The van der Waals surface area contributed by atoms with Crippen molar-refractivity contribution in [3.05, 3.63) is 76.9 Å². The van der Waals surface area contributed by atoms with Gasteiger partial charge < -0.3 is 0 Å². The van der Waals surface area contributed by atoms with Gasteiger partial charge in [-0.1, -0.05) is 58.9 Å². The minimum atomic E-state index is -0.918. The fourth-order valence-electron chi connectivity index (χ4n) is 2.40. The number of nitrogens with zero attached hydrogens (tertiary/aromatic N) is 1. The van der Waals surface area contributed by atoms with Crippen molar-refractivity contribution in [2.75, 3.05) is 5.01 Å². The van der Waals surface area contributed by atoms with Crippen LogP contribution in [0.25, 0.3) is 0 Å². The van der Waals surface area contributed by atoms with Crippen LogP contribution < -0.4 is 10.4 Å². The highest BCUT2D eigenvalue weighted by molar-refractivity contribution is 9.10. The van der Waals surface area contributed by atoms with Crippen LogP contribution in [0.3, 0.4) is 0 Å². The zero-order valence-electron chi connectivity index (χ0n) is 11.6. The summed E-state index contributed by atoms with van der Waals surface area (Å²) in [7, 11) is 0. The van der Waals surface area contributed by atoms with Gasteiger partial charge in [0.2, 0.25) is 0 Å². The van der Waals surface area contributed by atoms with E-state index in [4.69, 9.17) is 0 Å². The summed E-state index contributed by atoms with van der Waals surface area (Å²) >= 11 is 3.35. The molecule has 1 saturated heterocycles. The fraction of sp³-hybridized carbons (Fsp3) is 0.0588. The first-order chi connectivity index (χ1) is 10.6. The van der Waals surface area contributed by atoms with Gasteiger partial charge in [-0.2, -0.15) is 0 Å². The Morgan fingerprint density at radius 2 is 1.73 bits per heavy atom. The average molecular weight is 357 g/mol. The summed E-state index contributed by atoms with van der Waals surface area (Å²) in [5, 5.41) is 1.36. The summed E-state index contributed by atoms with van der Waals surface area (Å²) in [4.78, 5) is 25.3. The first-order valence-corrected chi connectivity index (χ1v) is 7.52. The molecule has 1 atom stereocenters. The summed E-state index contributed by atoms with van der Waals surface area (Å²) in [5.41, 5.74) is 4.43. The molecule has 5 heteroatoms. The van der Waals surface area contributed by atoms with Crippen molar-refractivity contribution >= 4 is 33.3 Å². The monoisotopic (exact) mass is 356 g/mol. The molecule has 4 nitrogen and oxygen atoms in total. The van der Waals surface area contributed by atoms with E-state index < -0.39 is 5.92 Å². The molecular formula is C17H13BrN2O2. The molecule has 0 radical (unpaired) electrons. The third-order valence-electron chi connectivity index (χ3n) is 3.49. The van der Waals surface area contributed by atoms with Crippen molar-refractivity contribution in [2.45, 2.75) is 0 Å². The zero-order chi connectivity index (χ0) is 15.7. The lowest BCUT2D eigenvalue weighted by atomic mass is 9.95. The molecule has 22 heavy (non-hydrogen) atoms. The van der Waals surface area contributed by atoms with Crippen LogP contribution in [0.4, 0.5) is 5.69 Å². The van der Waals surface area contributed by atoms with Gasteiger partial charge in [-0.25, -0.2) is 5.01 Å². The molecule has 1 amide bonds. The molecule has 110 valence electrons. The Bertz CT molecular complexity index is 758. The number of benzene rings is 2. The Balaban J connectivity index is 1.93. The van der Waals surface area contributed by atoms with E-state index in [1.165, 1.54) is 5.01 Å². The SMILES string of the molecule is C=C1NN(c2ccccc2)C(=O)C1C(=O)c1ccccc1Br. The second kappa shape index (κ2) is 5.77. The number of carbonyl (C=O) groups excluding carboxylic acids is 2. The molecule has 0 saturated carbocycles. The quantitative estimate of drug-likeness (QED) is 0.677. The summed E-state index contributed by atoms with van der Waals surface area (Å²) in [6.45, 7) is 3.83. The number of ketones is 1. The number of hydrogen-bond acceptors (Lipinski definition) is 3. The van der Waals surface area contributed by atoms with Gasteiger partial charge in [0.15, 0.2) is 5.78 Å². The number of anilines is 1. The molecule has 0 spiro atoms. The van der Waals surface area contributed by atoms with Crippen LogP contribution in [-0.4, -0.2) is 11.7 Å². The summed E-state index contributed by atoms with van der Waals surface area (Å²) in [6, 6.07) is 16.2. The standard InChI is InChI=1S/C17H13BrN2O2/c1-11-15(16(21)13-9-5-6-10-14(13)18)17(22)20(19-11)12-7-3-2-4-8-12/h2-10,15,19H,1H2. The zero-order valence-corrected chi connectivity index (χ0v) is 13.2. The Kier molecular flexibility index (Phi) is 3.81. The number of nitrogens with one attached hydrogen (secondary N) is 1. The van der Waals surface area contributed by atoms with Gasteiger partial charge in [0.05, 0.1) is 5.69 Å². The van der Waals surface area contributed by atoms with Crippen molar-refractivity contribution < 1.29 is 9.59 Å². The van der Waals surface area contributed by atoms with E-state index in [1.807, 2.05) is 24.3 Å². The van der Waals surface area contributed by atoms with E-state index in [2.05, 4.69) is 27.9 Å². The minimum Gasteiger partial charge on any atom is -0.295 e. The van der Waals surface area contributed by atoms with Gasteiger partial charge in [-0.3, -0.25) is 15.0 Å². The molecule has 1 N–H and O–H groups in total. The number of rotatable bonds is 3. The highest BCUT2D eigenvalue weighted by Crippen LogP contribution is 2.29. The number of Topliss-reactive ketones (excluding diaryl/α,β-unsaturated/α-hetero) is 1. The molecule has 2 aromatic rings. The maximum absolute atomic E-state index is 12.7. The number of para-hydroxylation sites is 1. The van der Waals surface area contributed by atoms with E-state index in [0.29, 0.717) is 21.4 Å². The molecule has 1 fully saturated rings. The predicted molar refractivity (Wildman–Crippen MR) is 88.2 cm³/mol. The largest absolute Gasteiger partial charge is 0.295 e. The van der Waals surface area contributed by atoms with Crippen LogP contribution >= 0.6 is 15.9 Å². The molecule has 1 unspecified atom stereocenters. The third kappa shape index (κ3) is 2.44. The molecule has 1 heterocycles. The molecule has 0 bridgehead atoms. The van der Waals surface area contributed by atoms with Gasteiger partial charge in [0.25, 0.3) is 5.91 Å². The number of hydrazine groups is 1. The molecule has 3 rings (SSSR count). The Morgan fingerprint density at radius 1 is 1.09 bits per heavy atom. The first kappa shape index (κ1) is 14.5. The summed E-state index contributed by atoms with van der Waals surface area (Å²) in [6.07, 6.45) is 0. The second-order valence-corrected chi connectivity index (χ2v) is 5.78. The van der Waals surface area contributed by atoms with Crippen molar-refractivity contribution in [1.82, 2.24) is 5.43 Å². The Morgan fingerprint density at radius 3 is 2.41 bits per heavy atom. The van der Waals surface area contributed by atoms with Crippen LogP contribution in [0.15, 0.2) is 71.3 Å². The van der Waals surface area contributed by atoms with Crippen molar-refractivity contribution in [3.8, 4) is 0 Å². The van der Waals surface area contributed by atoms with E-state index in [0.717, 1.165) is 0 Å². The summed E-state index contributed by atoms with van der Waals surface area (Å²) < 4.78 is 0.666. The number of amides is 1. The van der Waals surface area contributed by atoms with Gasteiger partial charge in [-0.05, 0) is 18.2 Å². The van der Waals surface area contributed by atoms with E-state index in [-0.39, 0.29) is 11.7 Å². The van der Waals surface area contributed by atoms with Crippen molar-refractivity contribution in [1.29, 1.82) is 0 Å². The third-order valence-corrected chi connectivity index (χ3v) is 4.18. The molecule has 1 aliphatic rings. The smallest absolute Gasteiger partial charge is 0.262 e. The molecule has 0 aromatic heterocycles. The predicted octanol–water partition coefficient (Wildman–Crippen LogP) is 3.31. The lowest BCUT2D eigenvalue weighted by molar-refractivity contribution is -0.118. The first-order valence-electron chi connectivity index (χ1n) is 6.73. The molecule has 0 aliphatic carbocycles. The van der Waals surface area contributed by atoms with E-state index >= 15 is 0 Å². The van der Waals surface area contributed by atoms with Crippen molar-refractivity contribution in [2.24, 2.45) is 5.92 Å². The van der Waals surface area contributed by atoms with Gasteiger partial charge in [-0.15, -0.1) is 0 Å². The molecule has 2 aromatic carbocycles. The highest BCUT2D eigenvalue weighted by Gasteiger charge is 2.41. The van der Waals surface area contributed by atoms with Gasteiger partial charge >= 0.3 is 0 Å². The molecular weight excluding hydrogens is 344 g/mol. The normalized spacial score (nSPS) is 17.5. The van der Waals surface area contributed by atoms with Crippen LogP contribution in [-0.2, 0) is 4.79 Å². The number of halogens is 1. The van der Waals surface area contributed by atoms with Crippen molar-refractivity contribution in [3.63, 3.8) is 0 Å². The highest BCUT2D eigenvalue weighted by atomic mass is 79.9. The van der Waals surface area contributed by atoms with E-state index in [1.54, 1.807) is 30.3 Å². The van der Waals surface area contributed by atoms with Crippen LogP contribution in [0.1, 0.15) is 10.4 Å². The minimum absolute atomic E-state index is 0.270. The lowest BCUT2D eigenvalue weighted by Crippen LogP contribution is -2.35. The number of carbonyl (C=O) groups is 2. The second-order valence-electron chi connectivity index (χ2n) is 4.92. The van der Waals surface area contributed by atoms with Crippen LogP contribution in [0.2, 0.25) is 0 Å². The fourth-order valence-corrected chi connectivity index (χ4v) is 2.88. The van der Waals surface area contributed by atoms with E-state index in [9.17, 15) is 9.59 Å². The average Bonchev–Trinajstić information content (AvgIpc) is 2.83. The summed E-state index contributed by atoms with van der Waals surface area (Å²) in [5.74, 6) is -1.51. The maximum Gasteiger partial charge on any atom is 0.262 e. The number of hydrogen-bond donors (Lipinski definition) is 1. The van der Waals surface area contributed by atoms with Crippen LogP contribution in [0, 0.1) is 5.92 Å². The Hall–Kier alpha value is -2.40. The lowest BCUT2D eigenvalue weighted by Gasteiger charge is -2.15. The molecule has 1 aliphatic heterocycles. The Labute approximate surface area is 136 Å². The maximum atomic E-state index is 12.7. The van der Waals surface area contributed by atoms with Crippen LogP contribution in [0.5, 0.6) is 0 Å². The van der Waals surface area contributed by atoms with Gasteiger partial charge in [0, 0.05) is 15.7 Å². The van der Waals surface area contributed by atoms with Gasteiger partial charge in [0.1, 0.15) is 5.92 Å². The topological polar surface area (TPSA) is 49.4 Å².